The van der Waals surface area contributed by atoms with E-state index in [1.165, 1.54) is 0 Å². The maximum Gasteiger partial charge on any atom is 0.289 e. The fourth-order valence-electron chi connectivity index (χ4n) is 0.672. The first-order valence-corrected chi connectivity index (χ1v) is 3.12. The van der Waals surface area contributed by atoms with Crippen molar-refractivity contribution in [3.8, 4) is 5.75 Å². The monoisotopic (exact) mass is 152 g/mol. The Bertz CT molecular complexity index is 255. The lowest BCUT2D eigenvalue weighted by atomic mass is 10.3. The van der Waals surface area contributed by atoms with Gasteiger partial charge in [0.1, 0.15) is 5.75 Å². The zero-order valence-corrected chi connectivity index (χ0v) is 6.24. The molecule has 0 unspecified atom stereocenters. The number of nitrogens with two attached hydrogens (primary N) is 2. The molecule has 0 atom stereocenters. The molecule has 0 spiro atoms. The predicted molar refractivity (Wildman–Crippen MR) is 41.0 cm³/mol. The minimum absolute atomic E-state index is 0.215. The topological polar surface area (TPSA) is 73.7 Å². The van der Waals surface area contributed by atoms with Crippen molar-refractivity contribution < 1.29 is 10.1 Å². The molecule has 0 aliphatic heterocycles. The van der Waals surface area contributed by atoms with Gasteiger partial charge in [-0.05, 0) is 12.1 Å². The van der Waals surface area contributed by atoms with Gasteiger partial charge in [-0.15, -0.1) is 0 Å². The van der Waals surface area contributed by atoms with Gasteiger partial charge in [-0.3, -0.25) is 11.1 Å². The van der Waals surface area contributed by atoms with Crippen molar-refractivity contribution in [2.24, 2.45) is 5.73 Å². The average molecular weight is 152 g/mol. The van der Waals surface area contributed by atoms with Crippen molar-refractivity contribution in [2.75, 3.05) is 7.11 Å². The lowest BCUT2D eigenvalue weighted by molar-refractivity contribution is -0.114. The van der Waals surface area contributed by atoms with Crippen LogP contribution in [0.15, 0.2) is 18.3 Å². The summed E-state index contributed by atoms with van der Waals surface area (Å²) in [4.78, 5) is 3.94. The largest absolute Gasteiger partial charge is 0.495 e. The van der Waals surface area contributed by atoms with E-state index in [1.807, 2.05) is 0 Å². The maximum atomic E-state index is 5.30. The van der Waals surface area contributed by atoms with Gasteiger partial charge in [-0.2, -0.15) is 0 Å². The third-order valence-electron chi connectivity index (χ3n) is 1.27. The SMILES string of the molecule is COc1ccc(C(N)=[NH2+])nc1. The fraction of sp³-hybridized carbons (Fsp3) is 0.143. The number of rotatable bonds is 2. The maximum absolute atomic E-state index is 5.30. The van der Waals surface area contributed by atoms with Crippen molar-refractivity contribution >= 4 is 5.84 Å². The highest BCUT2D eigenvalue weighted by atomic mass is 16.5. The molecule has 0 radical (unpaired) electrons. The van der Waals surface area contributed by atoms with Crippen molar-refractivity contribution in [2.45, 2.75) is 0 Å². The molecule has 1 rings (SSSR count). The van der Waals surface area contributed by atoms with E-state index in [-0.39, 0.29) is 5.84 Å². The Morgan fingerprint density at radius 3 is 2.73 bits per heavy atom. The summed E-state index contributed by atoms with van der Waals surface area (Å²) in [7, 11) is 1.58. The van der Waals surface area contributed by atoms with Gasteiger partial charge in [0.05, 0.1) is 13.3 Å². The molecule has 0 saturated heterocycles. The fourth-order valence-corrected chi connectivity index (χ4v) is 0.672. The standard InChI is InChI=1S/C7H9N3O/c1-11-5-2-3-6(7(8)9)10-4-5/h2-4H,1H3,(H3,8,9)/p+1. The Kier molecular flexibility index (Phi) is 2.06. The first-order chi connectivity index (χ1) is 5.24. The normalized spacial score (nSPS) is 9.18. The lowest BCUT2D eigenvalue weighted by Crippen LogP contribution is -2.46. The smallest absolute Gasteiger partial charge is 0.289 e. The third kappa shape index (κ3) is 1.67. The summed E-state index contributed by atoms with van der Waals surface area (Å²) in [6.45, 7) is 0. The molecular formula is C7H10N3O+. The van der Waals surface area contributed by atoms with Crippen LogP contribution in [0.5, 0.6) is 5.75 Å². The van der Waals surface area contributed by atoms with Gasteiger partial charge in [0, 0.05) is 0 Å². The number of pyridine rings is 1. The van der Waals surface area contributed by atoms with E-state index in [9.17, 15) is 0 Å². The summed E-state index contributed by atoms with van der Waals surface area (Å²) in [5, 5.41) is 5.30. The molecule has 0 fully saturated rings. The highest BCUT2D eigenvalue weighted by Crippen LogP contribution is 2.06. The van der Waals surface area contributed by atoms with Crippen molar-refractivity contribution in [3.63, 3.8) is 0 Å². The second-order valence-corrected chi connectivity index (χ2v) is 2.04. The summed E-state index contributed by atoms with van der Waals surface area (Å²) in [6.07, 6.45) is 1.56. The summed E-state index contributed by atoms with van der Waals surface area (Å²) in [6, 6.07) is 3.45. The zero-order valence-electron chi connectivity index (χ0n) is 6.24. The predicted octanol–water partition coefficient (Wildman–Crippen LogP) is -1.45. The molecular weight excluding hydrogens is 142 g/mol. The van der Waals surface area contributed by atoms with Gasteiger partial charge in [0.25, 0.3) is 5.84 Å². The van der Waals surface area contributed by atoms with Gasteiger partial charge < -0.3 is 4.74 Å². The molecule has 1 aromatic heterocycles. The van der Waals surface area contributed by atoms with Gasteiger partial charge in [-0.1, -0.05) is 0 Å². The van der Waals surface area contributed by atoms with Crippen LogP contribution in [0, 0.1) is 0 Å². The number of amidine groups is 1. The molecule has 1 heterocycles. The molecule has 0 amide bonds. The van der Waals surface area contributed by atoms with E-state index in [0.29, 0.717) is 11.4 Å². The highest BCUT2D eigenvalue weighted by molar-refractivity contribution is 5.90. The summed E-state index contributed by atoms with van der Waals surface area (Å²) < 4.78 is 4.90. The van der Waals surface area contributed by atoms with Crippen LogP contribution >= 0.6 is 0 Å². The number of hydrogen-bond acceptors (Lipinski definition) is 2. The molecule has 4 heteroatoms. The van der Waals surface area contributed by atoms with Crippen LogP contribution in [0.4, 0.5) is 0 Å². The molecule has 0 aliphatic carbocycles. The zero-order chi connectivity index (χ0) is 8.27. The first kappa shape index (κ1) is 7.53. The van der Waals surface area contributed by atoms with Crippen molar-refractivity contribution in [1.29, 1.82) is 0 Å². The van der Waals surface area contributed by atoms with E-state index in [2.05, 4.69) is 4.98 Å². The molecule has 0 aromatic carbocycles. The minimum Gasteiger partial charge on any atom is -0.495 e. The van der Waals surface area contributed by atoms with Crippen LogP contribution in [0.1, 0.15) is 5.69 Å². The van der Waals surface area contributed by atoms with E-state index in [1.54, 1.807) is 25.4 Å². The lowest BCUT2D eigenvalue weighted by Gasteiger charge is -1.97. The number of nitrogens with zero attached hydrogens (tertiary/aromatic N) is 1. The average Bonchev–Trinajstić information content (AvgIpc) is 2.05. The van der Waals surface area contributed by atoms with Gasteiger partial charge in [0.2, 0.25) is 0 Å². The van der Waals surface area contributed by atoms with E-state index in [0.717, 1.165) is 0 Å². The number of hydrogen-bond donors (Lipinski definition) is 2. The van der Waals surface area contributed by atoms with Crippen LogP contribution < -0.4 is 15.9 Å². The number of ether oxygens (including phenoxy) is 1. The number of methoxy groups -OCH3 is 1. The van der Waals surface area contributed by atoms with Crippen LogP contribution in [-0.4, -0.2) is 17.9 Å². The molecule has 1 aromatic rings. The quantitative estimate of drug-likeness (QED) is 0.402. The molecule has 4 N–H and O–H groups in total. The van der Waals surface area contributed by atoms with Crippen molar-refractivity contribution in [3.05, 3.63) is 24.0 Å². The van der Waals surface area contributed by atoms with E-state index >= 15 is 0 Å². The third-order valence-corrected chi connectivity index (χ3v) is 1.27. The van der Waals surface area contributed by atoms with Gasteiger partial charge >= 0.3 is 0 Å². The second-order valence-electron chi connectivity index (χ2n) is 2.04. The van der Waals surface area contributed by atoms with E-state index in [4.69, 9.17) is 15.9 Å². The Hall–Kier alpha value is -1.58. The second kappa shape index (κ2) is 3.01. The number of aromatic nitrogens is 1. The molecule has 0 bridgehead atoms. The van der Waals surface area contributed by atoms with E-state index < -0.39 is 0 Å². The first-order valence-electron chi connectivity index (χ1n) is 3.12. The summed E-state index contributed by atoms with van der Waals surface area (Å²) in [5.41, 5.74) is 5.87. The molecule has 0 aliphatic rings. The molecule has 0 saturated carbocycles. The van der Waals surface area contributed by atoms with Crippen LogP contribution in [0.2, 0.25) is 0 Å². The van der Waals surface area contributed by atoms with Crippen LogP contribution in [-0.2, 0) is 0 Å². The summed E-state index contributed by atoms with van der Waals surface area (Å²) >= 11 is 0. The Balaban J connectivity index is 2.91. The van der Waals surface area contributed by atoms with Gasteiger partial charge in [-0.25, -0.2) is 4.98 Å². The molecule has 58 valence electrons. The minimum atomic E-state index is 0.215. The van der Waals surface area contributed by atoms with Crippen LogP contribution in [0.3, 0.4) is 0 Å². The van der Waals surface area contributed by atoms with Gasteiger partial charge in [0.15, 0.2) is 5.69 Å². The Morgan fingerprint density at radius 1 is 1.64 bits per heavy atom. The highest BCUT2D eigenvalue weighted by Gasteiger charge is 2.01. The Labute approximate surface area is 64.5 Å². The Morgan fingerprint density at radius 2 is 2.36 bits per heavy atom. The van der Waals surface area contributed by atoms with Crippen LogP contribution in [0.25, 0.3) is 0 Å². The summed E-state index contributed by atoms with van der Waals surface area (Å²) in [5.74, 6) is 0.905. The molecule has 11 heavy (non-hydrogen) atoms. The van der Waals surface area contributed by atoms with Crippen molar-refractivity contribution in [1.82, 2.24) is 4.98 Å². The molecule has 4 nitrogen and oxygen atoms in total.